The van der Waals surface area contributed by atoms with Crippen LogP contribution in [0.15, 0.2) is 200 Å². The van der Waals surface area contributed by atoms with Gasteiger partial charge in [-0.2, -0.15) is 0 Å². The molecule has 8 aromatic carbocycles. The summed E-state index contributed by atoms with van der Waals surface area (Å²) < 4.78 is 14.2. The largest absolute Gasteiger partial charge is 0.310 e. The topological polar surface area (TPSA) is 3.24 Å². The second-order valence-corrected chi connectivity index (χ2v) is 13.5. The van der Waals surface area contributed by atoms with Crippen LogP contribution in [0.5, 0.6) is 0 Å². The van der Waals surface area contributed by atoms with Gasteiger partial charge in [-0.1, -0.05) is 157 Å². The van der Waals surface area contributed by atoms with E-state index in [0.29, 0.717) is 0 Å². The number of hydrogen-bond acceptors (Lipinski definition) is 1. The molecule has 52 heavy (non-hydrogen) atoms. The van der Waals surface area contributed by atoms with Gasteiger partial charge in [0.25, 0.3) is 0 Å². The maximum absolute atomic E-state index is 14.2. The Labute approximate surface area is 304 Å². The lowest BCUT2D eigenvalue weighted by molar-refractivity contribution is 0.628. The minimum atomic E-state index is -0.602. The lowest BCUT2D eigenvalue weighted by Gasteiger charge is -2.35. The molecule has 0 aromatic heterocycles. The van der Waals surface area contributed by atoms with Gasteiger partial charge in [-0.05, 0) is 111 Å². The van der Waals surface area contributed by atoms with Crippen molar-refractivity contribution >= 4 is 17.1 Å². The van der Waals surface area contributed by atoms with Crippen molar-refractivity contribution in [2.45, 2.75) is 12.3 Å². The second-order valence-electron chi connectivity index (χ2n) is 13.5. The Bertz CT molecular complexity index is 2450. The lowest BCUT2D eigenvalue weighted by atomic mass is 9.67. The normalized spacial score (nSPS) is 12.6. The first-order valence-corrected chi connectivity index (χ1v) is 17.8. The highest BCUT2D eigenvalue weighted by Gasteiger charge is 2.47. The van der Waals surface area contributed by atoms with Crippen LogP contribution in [0.25, 0.3) is 33.4 Å². The molecular weight excluding hydrogens is 634 g/mol. The fraction of sp³-hybridized carbons (Fsp3) is 0.0400. The molecule has 2 heteroatoms. The number of anilines is 3. The number of hydrogen-bond donors (Lipinski definition) is 0. The van der Waals surface area contributed by atoms with Crippen LogP contribution >= 0.6 is 0 Å². The van der Waals surface area contributed by atoms with E-state index in [9.17, 15) is 4.39 Å². The molecular formula is C50H36FN. The summed E-state index contributed by atoms with van der Waals surface area (Å²) in [6.07, 6.45) is 0. The summed E-state index contributed by atoms with van der Waals surface area (Å²) in [5.74, 6) is -0.239. The Morgan fingerprint density at radius 3 is 1.54 bits per heavy atom. The van der Waals surface area contributed by atoms with Crippen LogP contribution < -0.4 is 4.90 Å². The number of nitrogens with zero attached hydrogens (tertiary/aromatic N) is 1. The zero-order valence-corrected chi connectivity index (χ0v) is 28.9. The standard InChI is InChI=1S/C50H36FN/c1-35-20-28-42(29-21-35)52(43-30-24-37(25-31-43)36-12-5-2-6-13-36)44-32-33-46-48(34-44)50(39-14-7-3-8-15-39,40-16-9-4-10-17-40)47-19-11-18-45(49(46)47)38-22-26-41(51)27-23-38/h2-34H,1H3. The first kappa shape index (κ1) is 31.5. The number of fused-ring (bicyclic) bond motifs is 3. The van der Waals surface area contributed by atoms with Gasteiger partial charge < -0.3 is 4.90 Å². The van der Waals surface area contributed by atoms with Crippen molar-refractivity contribution in [3.8, 4) is 33.4 Å². The van der Waals surface area contributed by atoms with Crippen LogP contribution in [-0.4, -0.2) is 0 Å². The fourth-order valence-corrected chi connectivity index (χ4v) is 8.11. The third-order valence-electron chi connectivity index (χ3n) is 10.5. The summed E-state index contributed by atoms with van der Waals surface area (Å²) >= 11 is 0. The van der Waals surface area contributed by atoms with Crippen LogP contribution in [0.4, 0.5) is 21.5 Å². The quantitative estimate of drug-likeness (QED) is 0.163. The number of benzene rings is 8. The summed E-state index contributed by atoms with van der Waals surface area (Å²) in [4.78, 5) is 2.36. The monoisotopic (exact) mass is 669 g/mol. The molecule has 1 aliphatic rings. The molecule has 8 aromatic rings. The van der Waals surface area contributed by atoms with Crippen LogP contribution in [0, 0.1) is 12.7 Å². The molecule has 9 rings (SSSR count). The molecule has 0 unspecified atom stereocenters. The molecule has 0 spiro atoms. The first-order valence-electron chi connectivity index (χ1n) is 17.8. The molecule has 0 aliphatic heterocycles. The Balaban J connectivity index is 1.32. The van der Waals surface area contributed by atoms with Crippen LogP contribution in [-0.2, 0) is 5.41 Å². The number of aryl methyl sites for hydroxylation is 1. The van der Waals surface area contributed by atoms with E-state index < -0.39 is 5.41 Å². The van der Waals surface area contributed by atoms with Crippen molar-refractivity contribution in [2.24, 2.45) is 0 Å². The molecule has 0 radical (unpaired) electrons. The molecule has 0 atom stereocenters. The molecule has 248 valence electrons. The van der Waals surface area contributed by atoms with Gasteiger partial charge in [0.05, 0.1) is 5.41 Å². The second kappa shape index (κ2) is 13.0. The van der Waals surface area contributed by atoms with E-state index >= 15 is 0 Å². The van der Waals surface area contributed by atoms with Gasteiger partial charge in [-0.15, -0.1) is 0 Å². The average Bonchev–Trinajstić information content (AvgIpc) is 3.51. The molecule has 0 amide bonds. The molecule has 0 N–H and O–H groups in total. The number of halogens is 1. The van der Waals surface area contributed by atoms with Gasteiger partial charge in [0.15, 0.2) is 0 Å². The van der Waals surface area contributed by atoms with Crippen molar-refractivity contribution in [3.05, 3.63) is 234 Å². The van der Waals surface area contributed by atoms with Crippen molar-refractivity contribution < 1.29 is 4.39 Å². The van der Waals surface area contributed by atoms with Gasteiger partial charge in [0.1, 0.15) is 5.82 Å². The van der Waals surface area contributed by atoms with E-state index in [2.05, 4.69) is 188 Å². The molecule has 0 bridgehead atoms. The highest BCUT2D eigenvalue weighted by atomic mass is 19.1. The van der Waals surface area contributed by atoms with Gasteiger partial charge in [-0.25, -0.2) is 4.39 Å². The van der Waals surface area contributed by atoms with Gasteiger partial charge >= 0.3 is 0 Å². The third kappa shape index (κ3) is 5.23. The predicted octanol–water partition coefficient (Wildman–Crippen LogP) is 13.3. The maximum atomic E-state index is 14.2. The SMILES string of the molecule is Cc1ccc(N(c2ccc(-c3ccccc3)cc2)c2ccc3c(c2)C(c2ccccc2)(c2ccccc2)c2cccc(-c4ccc(F)cc4)c2-3)cc1. The number of rotatable bonds is 7. The molecule has 0 heterocycles. The van der Waals surface area contributed by atoms with E-state index in [0.717, 1.165) is 28.2 Å². The third-order valence-corrected chi connectivity index (χ3v) is 10.5. The van der Waals surface area contributed by atoms with Gasteiger partial charge in [0, 0.05) is 17.1 Å². The smallest absolute Gasteiger partial charge is 0.123 e. The van der Waals surface area contributed by atoms with Crippen molar-refractivity contribution in [3.63, 3.8) is 0 Å². The van der Waals surface area contributed by atoms with Crippen molar-refractivity contribution in [1.29, 1.82) is 0 Å². The summed E-state index contributed by atoms with van der Waals surface area (Å²) in [5.41, 5.74) is 15.5. The fourth-order valence-electron chi connectivity index (χ4n) is 8.11. The summed E-state index contributed by atoms with van der Waals surface area (Å²) in [6.45, 7) is 2.13. The highest BCUT2D eigenvalue weighted by Crippen LogP contribution is 2.59. The van der Waals surface area contributed by atoms with Crippen LogP contribution in [0.1, 0.15) is 27.8 Å². The zero-order valence-electron chi connectivity index (χ0n) is 28.9. The minimum absolute atomic E-state index is 0.239. The van der Waals surface area contributed by atoms with Crippen LogP contribution in [0.2, 0.25) is 0 Å². The van der Waals surface area contributed by atoms with E-state index in [1.165, 1.54) is 50.1 Å². The highest BCUT2D eigenvalue weighted by molar-refractivity contribution is 5.97. The van der Waals surface area contributed by atoms with Crippen molar-refractivity contribution in [2.75, 3.05) is 4.90 Å². The Hall–Kier alpha value is -6.51. The van der Waals surface area contributed by atoms with Crippen molar-refractivity contribution in [1.82, 2.24) is 0 Å². The molecule has 1 nitrogen and oxygen atoms in total. The predicted molar refractivity (Wildman–Crippen MR) is 214 cm³/mol. The molecule has 0 saturated carbocycles. The molecule has 0 saturated heterocycles. The van der Waals surface area contributed by atoms with E-state index in [1.54, 1.807) is 12.1 Å². The molecule has 0 fully saturated rings. The lowest BCUT2D eigenvalue weighted by Crippen LogP contribution is -2.28. The summed E-state index contributed by atoms with van der Waals surface area (Å²) in [6, 6.07) is 70.3. The minimum Gasteiger partial charge on any atom is -0.310 e. The maximum Gasteiger partial charge on any atom is 0.123 e. The Morgan fingerprint density at radius 1 is 0.404 bits per heavy atom. The van der Waals surface area contributed by atoms with Gasteiger partial charge in [0.2, 0.25) is 0 Å². The van der Waals surface area contributed by atoms with E-state index in [4.69, 9.17) is 0 Å². The Morgan fingerprint density at radius 2 is 0.923 bits per heavy atom. The van der Waals surface area contributed by atoms with E-state index in [-0.39, 0.29) is 5.82 Å². The average molecular weight is 670 g/mol. The first-order chi connectivity index (χ1) is 25.6. The molecule has 1 aliphatic carbocycles. The summed E-state index contributed by atoms with van der Waals surface area (Å²) in [5, 5.41) is 0. The van der Waals surface area contributed by atoms with Gasteiger partial charge in [-0.3, -0.25) is 0 Å². The summed E-state index contributed by atoms with van der Waals surface area (Å²) in [7, 11) is 0. The van der Waals surface area contributed by atoms with Crippen LogP contribution in [0.3, 0.4) is 0 Å². The Kier molecular flexibility index (Phi) is 7.86. The zero-order chi connectivity index (χ0) is 35.1. The van der Waals surface area contributed by atoms with E-state index in [1.807, 2.05) is 12.1 Å².